The van der Waals surface area contributed by atoms with Crippen LogP contribution in [-0.4, -0.2) is 30.2 Å². The monoisotopic (exact) mass is 506 g/mol. The Hall–Kier alpha value is -2.52. The number of fused-ring (bicyclic) bond motifs is 1. The van der Waals surface area contributed by atoms with Crippen molar-refractivity contribution in [1.29, 1.82) is 0 Å². The molecule has 0 atom stereocenters. The molecule has 0 fully saturated rings. The number of aryl methyl sites for hydroxylation is 1. The molecule has 0 radical (unpaired) electrons. The van der Waals surface area contributed by atoms with Gasteiger partial charge in [0, 0.05) is 17.4 Å². The maximum absolute atomic E-state index is 12.9. The second-order valence-electron chi connectivity index (χ2n) is 7.30. The van der Waals surface area contributed by atoms with Gasteiger partial charge in [-0.1, -0.05) is 41.4 Å². The Balaban J connectivity index is 1.57. The first-order valence-corrected chi connectivity index (χ1v) is 12.6. The van der Waals surface area contributed by atoms with Gasteiger partial charge in [-0.3, -0.25) is 14.7 Å². The normalized spacial score (nSPS) is 11.7. The molecule has 164 valence electrons. The van der Waals surface area contributed by atoms with Crippen molar-refractivity contribution in [1.82, 2.24) is 10.2 Å². The minimum absolute atomic E-state index is 0.0565. The second-order valence-corrected chi connectivity index (χ2v) is 11.6. The number of benzene rings is 2. The highest BCUT2D eigenvalue weighted by Gasteiger charge is 2.22. The van der Waals surface area contributed by atoms with Crippen LogP contribution in [0.3, 0.4) is 0 Å². The molecule has 6 nitrogen and oxygen atoms in total. The summed E-state index contributed by atoms with van der Waals surface area (Å²) in [5.41, 5.74) is 2.50. The molecule has 0 saturated carbocycles. The molecule has 2 aromatic heterocycles. The van der Waals surface area contributed by atoms with Gasteiger partial charge < -0.3 is 0 Å². The number of H-pyrrole nitrogens is 1. The van der Waals surface area contributed by atoms with Crippen LogP contribution in [0.2, 0.25) is 9.36 Å². The maximum Gasteiger partial charge on any atom is 0.215 e. The summed E-state index contributed by atoms with van der Waals surface area (Å²) in [5.74, 6) is -1.11. The van der Waals surface area contributed by atoms with Crippen LogP contribution in [0.1, 0.15) is 11.1 Å². The zero-order chi connectivity index (χ0) is 23.0. The number of aromatic amines is 1. The molecule has 0 aliphatic carbocycles. The lowest BCUT2D eigenvalue weighted by Gasteiger charge is -2.08. The lowest BCUT2D eigenvalue weighted by Crippen LogP contribution is -2.17. The number of carbonyl (C=O) groups is 1. The van der Waals surface area contributed by atoms with Gasteiger partial charge in [0.05, 0.1) is 14.9 Å². The first kappa shape index (κ1) is 22.7. The fourth-order valence-corrected chi connectivity index (χ4v) is 6.42. The molecule has 32 heavy (non-hydrogen) atoms. The Morgan fingerprint density at radius 3 is 2.56 bits per heavy atom. The number of hydrogen-bond donors (Lipinski definition) is 1. The molecule has 0 spiro atoms. The van der Waals surface area contributed by atoms with E-state index in [1.165, 1.54) is 12.1 Å². The molecular formula is C22H16Cl2N2O4S2. The van der Waals surface area contributed by atoms with Crippen LogP contribution in [0.4, 0.5) is 0 Å². The molecule has 0 aliphatic heterocycles. The maximum atomic E-state index is 12.9. The molecule has 1 N–H and O–H groups in total. The number of ketones is 1. The van der Waals surface area contributed by atoms with Crippen LogP contribution in [0.5, 0.6) is 0 Å². The predicted octanol–water partition coefficient (Wildman–Crippen LogP) is 4.85. The number of rotatable bonds is 6. The van der Waals surface area contributed by atoms with Crippen molar-refractivity contribution in [3.8, 4) is 11.3 Å². The van der Waals surface area contributed by atoms with Crippen molar-refractivity contribution < 1.29 is 13.2 Å². The smallest absolute Gasteiger partial charge is 0.215 e. The molecule has 0 amide bonds. The van der Waals surface area contributed by atoms with E-state index in [2.05, 4.69) is 10.2 Å². The molecule has 0 bridgehead atoms. The summed E-state index contributed by atoms with van der Waals surface area (Å²) in [4.78, 5) is 25.3. The molecule has 4 aromatic rings. The van der Waals surface area contributed by atoms with E-state index in [0.29, 0.717) is 26.4 Å². The Morgan fingerprint density at radius 1 is 1.09 bits per heavy atom. The highest BCUT2D eigenvalue weighted by molar-refractivity contribution is 7.94. The van der Waals surface area contributed by atoms with E-state index in [4.69, 9.17) is 23.2 Å². The van der Waals surface area contributed by atoms with Crippen LogP contribution in [0.15, 0.2) is 57.5 Å². The van der Waals surface area contributed by atoms with E-state index in [9.17, 15) is 18.0 Å². The average Bonchev–Trinajstić information content (AvgIpc) is 3.16. The third kappa shape index (κ3) is 4.63. The van der Waals surface area contributed by atoms with Crippen LogP contribution in [0.25, 0.3) is 22.2 Å². The third-order valence-electron chi connectivity index (χ3n) is 4.82. The standard InChI is InChI=1S/C22H16Cl2N2O4S2/c1-12-2-4-16-18(8-12)25-26-21(22(16)28)15-5-3-13(10-17(15)23)9-14(27)11-32(29,30)20-7-6-19(24)31-20/h2-8,10H,9,11H2,1H3,(H,25,28). The number of nitrogens with zero attached hydrogens (tertiary/aromatic N) is 1. The number of hydrogen-bond acceptors (Lipinski definition) is 6. The third-order valence-corrected chi connectivity index (χ3v) is 8.62. The lowest BCUT2D eigenvalue weighted by molar-refractivity contribution is -0.116. The molecular weight excluding hydrogens is 491 g/mol. The number of halogens is 2. The highest BCUT2D eigenvalue weighted by Crippen LogP contribution is 2.28. The van der Waals surface area contributed by atoms with Gasteiger partial charge in [-0.2, -0.15) is 5.10 Å². The quantitative estimate of drug-likeness (QED) is 0.403. The van der Waals surface area contributed by atoms with Gasteiger partial charge in [-0.15, -0.1) is 11.3 Å². The number of Topliss-reactive ketones (excluding diaryl/α,β-unsaturated/α-hetero) is 1. The van der Waals surface area contributed by atoms with Crippen molar-refractivity contribution >= 4 is 61.1 Å². The summed E-state index contributed by atoms with van der Waals surface area (Å²) in [6.07, 6.45) is -0.112. The fraction of sp³-hybridized carbons (Fsp3) is 0.136. The number of sulfone groups is 1. The van der Waals surface area contributed by atoms with E-state index in [1.807, 2.05) is 19.1 Å². The summed E-state index contributed by atoms with van der Waals surface area (Å²) in [7, 11) is -3.75. The van der Waals surface area contributed by atoms with Crippen molar-refractivity contribution in [3.63, 3.8) is 0 Å². The van der Waals surface area contributed by atoms with E-state index >= 15 is 0 Å². The summed E-state index contributed by atoms with van der Waals surface area (Å²) in [6, 6.07) is 13.1. The van der Waals surface area contributed by atoms with Gasteiger partial charge in [-0.25, -0.2) is 8.42 Å². The minimum atomic E-state index is -3.75. The Morgan fingerprint density at radius 2 is 1.88 bits per heavy atom. The van der Waals surface area contributed by atoms with Gasteiger partial charge in [0.2, 0.25) is 5.43 Å². The van der Waals surface area contributed by atoms with Gasteiger partial charge in [-0.05, 0) is 48.4 Å². The van der Waals surface area contributed by atoms with E-state index < -0.39 is 21.4 Å². The largest absolute Gasteiger partial charge is 0.298 e. The van der Waals surface area contributed by atoms with Crippen LogP contribution in [-0.2, 0) is 21.1 Å². The van der Waals surface area contributed by atoms with Gasteiger partial charge in [0.25, 0.3) is 0 Å². The number of thiophene rings is 1. The van der Waals surface area contributed by atoms with Gasteiger partial charge in [0.15, 0.2) is 15.6 Å². The second kappa shape index (κ2) is 8.78. The highest BCUT2D eigenvalue weighted by atomic mass is 35.5. The molecule has 2 aromatic carbocycles. The SMILES string of the molecule is Cc1ccc2c(=O)c(-c3ccc(CC(=O)CS(=O)(=O)c4ccc(Cl)s4)cc3Cl)n[nH]c2c1. The predicted molar refractivity (Wildman–Crippen MR) is 128 cm³/mol. The lowest BCUT2D eigenvalue weighted by atomic mass is 10.0. The molecule has 10 heteroatoms. The first-order valence-electron chi connectivity index (χ1n) is 9.42. The first-order chi connectivity index (χ1) is 15.1. The van der Waals surface area contributed by atoms with E-state index in [-0.39, 0.29) is 26.8 Å². The number of carbonyl (C=O) groups excluding carboxylic acids is 1. The summed E-state index contributed by atoms with van der Waals surface area (Å²) in [5, 5.41) is 7.79. The average molecular weight is 507 g/mol. The summed E-state index contributed by atoms with van der Waals surface area (Å²) >= 11 is 13.1. The van der Waals surface area contributed by atoms with Crippen molar-refractivity contribution in [3.05, 3.63) is 79.2 Å². The van der Waals surface area contributed by atoms with Crippen LogP contribution < -0.4 is 5.43 Å². The fourth-order valence-electron chi connectivity index (χ4n) is 3.31. The number of aromatic nitrogens is 2. The molecule has 0 aliphatic rings. The van der Waals surface area contributed by atoms with E-state index in [1.54, 1.807) is 24.3 Å². The van der Waals surface area contributed by atoms with Crippen LogP contribution in [0, 0.1) is 6.92 Å². The van der Waals surface area contributed by atoms with Gasteiger partial charge >= 0.3 is 0 Å². The molecule has 0 saturated heterocycles. The Labute approximate surface area is 197 Å². The molecule has 4 rings (SSSR count). The Bertz CT molecular complexity index is 1520. The minimum Gasteiger partial charge on any atom is -0.298 e. The van der Waals surface area contributed by atoms with Crippen molar-refractivity contribution in [2.75, 3.05) is 5.75 Å². The van der Waals surface area contributed by atoms with E-state index in [0.717, 1.165) is 16.9 Å². The zero-order valence-electron chi connectivity index (χ0n) is 16.7. The van der Waals surface area contributed by atoms with Crippen molar-refractivity contribution in [2.45, 2.75) is 17.6 Å². The zero-order valence-corrected chi connectivity index (χ0v) is 19.8. The summed E-state index contributed by atoms with van der Waals surface area (Å²) < 4.78 is 25.1. The number of nitrogens with one attached hydrogen (secondary N) is 1. The molecule has 0 unspecified atom stereocenters. The topological polar surface area (TPSA) is 97.0 Å². The Kier molecular flexibility index (Phi) is 6.22. The van der Waals surface area contributed by atoms with Crippen molar-refractivity contribution in [2.24, 2.45) is 0 Å². The molecule has 2 heterocycles. The van der Waals surface area contributed by atoms with Crippen LogP contribution >= 0.6 is 34.5 Å². The summed E-state index contributed by atoms with van der Waals surface area (Å²) in [6.45, 7) is 1.92. The van der Waals surface area contributed by atoms with Gasteiger partial charge in [0.1, 0.15) is 15.7 Å².